The zero-order valence-corrected chi connectivity index (χ0v) is 16.1. The lowest BCUT2D eigenvalue weighted by Gasteiger charge is -2.08. The second-order valence-corrected chi connectivity index (χ2v) is 5.90. The molecule has 5 nitrogen and oxygen atoms in total. The van der Waals surface area contributed by atoms with E-state index in [0.29, 0.717) is 24.9 Å². The summed E-state index contributed by atoms with van der Waals surface area (Å²) in [7, 11) is 0. The maximum absolute atomic E-state index is 12.8. The third-order valence-electron chi connectivity index (χ3n) is 3.76. The minimum absolute atomic E-state index is 0. The van der Waals surface area contributed by atoms with E-state index in [9.17, 15) is 14.0 Å². The molecule has 0 unspecified atom stereocenters. The molecule has 0 spiro atoms. The van der Waals surface area contributed by atoms with Crippen LogP contribution in [0, 0.1) is 5.82 Å². The van der Waals surface area contributed by atoms with Gasteiger partial charge in [0.15, 0.2) is 0 Å². The van der Waals surface area contributed by atoms with Crippen LogP contribution in [0.3, 0.4) is 0 Å². The van der Waals surface area contributed by atoms with Crippen LogP contribution in [0.15, 0.2) is 48.5 Å². The zero-order valence-electron chi connectivity index (χ0n) is 15.3. The van der Waals surface area contributed by atoms with Crippen molar-refractivity contribution < 1.29 is 14.0 Å². The number of nitrogens with one attached hydrogen (secondary N) is 3. The lowest BCUT2D eigenvalue weighted by atomic mass is 10.2. The Morgan fingerprint density at radius 1 is 1.07 bits per heavy atom. The minimum atomic E-state index is -0.382. The van der Waals surface area contributed by atoms with Crippen LogP contribution >= 0.6 is 12.4 Å². The van der Waals surface area contributed by atoms with Crippen molar-refractivity contribution in [2.75, 3.05) is 18.4 Å². The monoisotopic (exact) mass is 393 g/mol. The Morgan fingerprint density at radius 2 is 1.81 bits per heavy atom. The lowest BCUT2D eigenvalue weighted by Crippen LogP contribution is -2.25. The topological polar surface area (TPSA) is 70.2 Å². The number of halogens is 2. The maximum atomic E-state index is 12.8. The number of benzene rings is 2. The lowest BCUT2D eigenvalue weighted by molar-refractivity contribution is -0.116. The fourth-order valence-electron chi connectivity index (χ4n) is 2.41. The third-order valence-corrected chi connectivity index (χ3v) is 3.76. The molecule has 0 radical (unpaired) electrons. The van der Waals surface area contributed by atoms with Crippen LogP contribution < -0.4 is 16.0 Å². The first-order valence-corrected chi connectivity index (χ1v) is 8.71. The number of hydrogen-bond donors (Lipinski definition) is 3. The van der Waals surface area contributed by atoms with Gasteiger partial charge >= 0.3 is 0 Å². The molecule has 0 atom stereocenters. The summed E-state index contributed by atoms with van der Waals surface area (Å²) in [5, 5.41) is 8.82. The molecule has 3 N–H and O–H groups in total. The maximum Gasteiger partial charge on any atom is 0.251 e. The van der Waals surface area contributed by atoms with Crippen LogP contribution in [0.2, 0.25) is 0 Å². The molecular weight excluding hydrogens is 369 g/mol. The molecule has 0 aromatic heterocycles. The molecule has 0 bridgehead atoms. The van der Waals surface area contributed by atoms with Crippen molar-refractivity contribution in [3.63, 3.8) is 0 Å². The SMILES string of the molecule is CCNCc1cccc(NC(=O)CCCNC(=O)c2ccc(F)cc2)c1.Cl. The second-order valence-electron chi connectivity index (χ2n) is 5.90. The summed E-state index contributed by atoms with van der Waals surface area (Å²) in [6, 6.07) is 13.0. The van der Waals surface area contributed by atoms with Gasteiger partial charge in [0.05, 0.1) is 0 Å². The fraction of sp³-hybridized carbons (Fsp3) is 0.300. The van der Waals surface area contributed by atoms with E-state index in [1.165, 1.54) is 24.3 Å². The molecule has 2 rings (SSSR count). The van der Waals surface area contributed by atoms with Gasteiger partial charge in [-0.15, -0.1) is 12.4 Å². The minimum Gasteiger partial charge on any atom is -0.352 e. The Hall–Kier alpha value is -2.44. The predicted octanol–water partition coefficient (Wildman–Crippen LogP) is 3.51. The van der Waals surface area contributed by atoms with Crippen molar-refractivity contribution in [1.29, 1.82) is 0 Å². The molecule has 146 valence electrons. The average molecular weight is 394 g/mol. The van der Waals surface area contributed by atoms with Crippen LogP contribution in [0.25, 0.3) is 0 Å². The Morgan fingerprint density at radius 3 is 2.52 bits per heavy atom. The zero-order chi connectivity index (χ0) is 18.8. The second kappa shape index (κ2) is 12.0. The van der Waals surface area contributed by atoms with Crippen LogP contribution in [-0.4, -0.2) is 24.9 Å². The predicted molar refractivity (Wildman–Crippen MR) is 108 cm³/mol. The van der Waals surface area contributed by atoms with Gasteiger partial charge in [0.25, 0.3) is 5.91 Å². The van der Waals surface area contributed by atoms with Gasteiger partial charge in [0.1, 0.15) is 5.82 Å². The molecule has 0 aliphatic heterocycles. The summed E-state index contributed by atoms with van der Waals surface area (Å²) in [5.74, 6) is -0.754. The smallest absolute Gasteiger partial charge is 0.251 e. The molecule has 7 heteroatoms. The van der Waals surface area contributed by atoms with Gasteiger partial charge in [-0.25, -0.2) is 4.39 Å². The molecule has 0 saturated carbocycles. The highest BCUT2D eigenvalue weighted by atomic mass is 35.5. The summed E-state index contributed by atoms with van der Waals surface area (Å²) in [4.78, 5) is 23.9. The fourth-order valence-corrected chi connectivity index (χ4v) is 2.41. The van der Waals surface area contributed by atoms with E-state index in [1.54, 1.807) is 0 Å². The van der Waals surface area contributed by atoms with Crippen molar-refractivity contribution in [2.24, 2.45) is 0 Å². The van der Waals surface area contributed by atoms with E-state index in [2.05, 4.69) is 16.0 Å². The van der Waals surface area contributed by atoms with E-state index in [1.807, 2.05) is 31.2 Å². The summed E-state index contributed by atoms with van der Waals surface area (Å²) in [6.45, 7) is 4.07. The van der Waals surface area contributed by atoms with Gasteiger partial charge in [-0.3, -0.25) is 9.59 Å². The highest BCUT2D eigenvalue weighted by Crippen LogP contribution is 2.11. The summed E-state index contributed by atoms with van der Waals surface area (Å²) < 4.78 is 12.8. The number of carbonyl (C=O) groups excluding carboxylic acids is 2. The Kier molecular flexibility index (Phi) is 10.1. The van der Waals surface area contributed by atoms with Crippen LogP contribution in [0.4, 0.5) is 10.1 Å². The van der Waals surface area contributed by atoms with Gasteiger partial charge in [0.2, 0.25) is 5.91 Å². The van der Waals surface area contributed by atoms with Crippen LogP contribution in [-0.2, 0) is 11.3 Å². The molecule has 2 aromatic rings. The van der Waals surface area contributed by atoms with Crippen molar-refractivity contribution in [1.82, 2.24) is 10.6 Å². The van der Waals surface area contributed by atoms with Gasteiger partial charge in [0, 0.05) is 30.8 Å². The van der Waals surface area contributed by atoms with E-state index in [0.717, 1.165) is 24.3 Å². The van der Waals surface area contributed by atoms with Crippen molar-refractivity contribution in [2.45, 2.75) is 26.3 Å². The molecule has 27 heavy (non-hydrogen) atoms. The number of amides is 2. The van der Waals surface area contributed by atoms with Crippen molar-refractivity contribution in [3.05, 3.63) is 65.5 Å². The standard InChI is InChI=1S/C20H24FN3O2.ClH/c1-2-22-14-15-5-3-6-18(13-15)24-19(25)7-4-12-23-20(26)16-8-10-17(21)11-9-16;/h3,5-6,8-11,13,22H,2,4,7,12,14H2,1H3,(H,23,26)(H,24,25);1H. The van der Waals surface area contributed by atoms with Gasteiger partial charge < -0.3 is 16.0 Å². The van der Waals surface area contributed by atoms with Crippen molar-refractivity contribution >= 4 is 29.9 Å². The van der Waals surface area contributed by atoms with Crippen molar-refractivity contribution in [3.8, 4) is 0 Å². The van der Waals surface area contributed by atoms with Gasteiger partial charge in [-0.2, -0.15) is 0 Å². The molecule has 2 aromatic carbocycles. The Balaban J connectivity index is 0.00000364. The highest BCUT2D eigenvalue weighted by Gasteiger charge is 2.06. The van der Waals surface area contributed by atoms with Gasteiger partial charge in [-0.05, 0) is 54.9 Å². The van der Waals surface area contributed by atoms with E-state index in [4.69, 9.17) is 0 Å². The molecular formula is C20H25ClFN3O2. The third kappa shape index (κ3) is 8.19. The molecule has 2 amide bonds. The first kappa shape index (κ1) is 22.6. The summed E-state index contributed by atoms with van der Waals surface area (Å²) in [6.07, 6.45) is 0.830. The van der Waals surface area contributed by atoms with Crippen LogP contribution in [0.1, 0.15) is 35.7 Å². The van der Waals surface area contributed by atoms with Gasteiger partial charge in [-0.1, -0.05) is 19.1 Å². The summed E-state index contributed by atoms with van der Waals surface area (Å²) in [5.41, 5.74) is 2.27. The Labute approximate surface area is 165 Å². The largest absolute Gasteiger partial charge is 0.352 e. The average Bonchev–Trinajstić information content (AvgIpc) is 2.64. The molecule has 0 saturated heterocycles. The molecule has 0 heterocycles. The molecule has 0 aliphatic carbocycles. The molecule has 0 fully saturated rings. The first-order valence-electron chi connectivity index (χ1n) is 8.71. The van der Waals surface area contributed by atoms with E-state index in [-0.39, 0.29) is 30.0 Å². The quantitative estimate of drug-likeness (QED) is 0.571. The van der Waals surface area contributed by atoms with E-state index >= 15 is 0 Å². The number of anilines is 1. The van der Waals surface area contributed by atoms with Crippen LogP contribution in [0.5, 0.6) is 0 Å². The first-order chi connectivity index (χ1) is 12.6. The molecule has 0 aliphatic rings. The highest BCUT2D eigenvalue weighted by molar-refractivity contribution is 5.94. The Bertz CT molecular complexity index is 738. The van der Waals surface area contributed by atoms with E-state index < -0.39 is 0 Å². The number of hydrogen-bond acceptors (Lipinski definition) is 3. The number of rotatable bonds is 9. The summed E-state index contributed by atoms with van der Waals surface area (Å²) >= 11 is 0. The normalized spacial score (nSPS) is 10.0. The number of carbonyl (C=O) groups is 2.